The lowest BCUT2D eigenvalue weighted by molar-refractivity contribution is -0.141. The lowest BCUT2D eigenvalue weighted by atomic mass is 9.93. The zero-order valence-electron chi connectivity index (χ0n) is 9.67. The monoisotopic (exact) mass is 244 g/mol. The molecule has 1 aliphatic rings. The van der Waals surface area contributed by atoms with Crippen LogP contribution < -0.4 is 0 Å². The fourth-order valence-electron chi connectivity index (χ4n) is 2.14. The van der Waals surface area contributed by atoms with Gasteiger partial charge in [0.25, 0.3) is 0 Å². The minimum Gasteiger partial charge on any atom is -0.306 e. The summed E-state index contributed by atoms with van der Waals surface area (Å²) in [5.74, 6) is 0.161. The molecule has 0 amide bonds. The summed E-state index contributed by atoms with van der Waals surface area (Å²) in [4.78, 5) is 5.93. The fourth-order valence-corrected chi connectivity index (χ4v) is 2.14. The second-order valence-electron chi connectivity index (χ2n) is 4.52. The highest BCUT2D eigenvalue weighted by Crippen LogP contribution is 2.31. The summed E-state index contributed by atoms with van der Waals surface area (Å²) in [5, 5.41) is 0. The Morgan fingerprint density at radius 1 is 1.24 bits per heavy atom. The van der Waals surface area contributed by atoms with Crippen LogP contribution in [0.3, 0.4) is 0 Å². The van der Waals surface area contributed by atoms with Crippen LogP contribution in [0.5, 0.6) is 0 Å². The average Bonchev–Trinajstić information content (AvgIpc) is 2.29. The number of aromatic nitrogens is 1. The van der Waals surface area contributed by atoms with E-state index in [9.17, 15) is 13.2 Å². The molecule has 2 nitrogen and oxygen atoms in total. The van der Waals surface area contributed by atoms with Crippen LogP contribution in [0.25, 0.3) is 0 Å². The Labute approximate surface area is 98.5 Å². The van der Waals surface area contributed by atoms with E-state index in [1.165, 1.54) is 6.07 Å². The number of alkyl halides is 3. The van der Waals surface area contributed by atoms with Gasteiger partial charge in [-0.2, -0.15) is 13.2 Å². The summed E-state index contributed by atoms with van der Waals surface area (Å²) >= 11 is 0. The number of rotatable bonds is 1. The average molecular weight is 244 g/mol. The van der Waals surface area contributed by atoms with Crippen molar-refractivity contribution in [1.29, 1.82) is 0 Å². The third-order valence-electron chi connectivity index (χ3n) is 3.20. The van der Waals surface area contributed by atoms with Crippen LogP contribution in [0.15, 0.2) is 18.2 Å². The summed E-state index contributed by atoms with van der Waals surface area (Å²) < 4.78 is 37.6. The standard InChI is InChI=1S/C12H15F3N2/c1-17-7-5-9(6-8-17)10-3-2-4-11(16-10)12(13,14)15/h2-4,9H,5-8H2,1H3. The molecule has 0 aliphatic carbocycles. The van der Waals surface area contributed by atoms with Crippen molar-refractivity contribution < 1.29 is 13.2 Å². The molecule has 1 aromatic heterocycles. The molecule has 2 rings (SSSR count). The molecule has 17 heavy (non-hydrogen) atoms. The van der Waals surface area contributed by atoms with Gasteiger partial charge >= 0.3 is 6.18 Å². The highest BCUT2D eigenvalue weighted by atomic mass is 19.4. The van der Waals surface area contributed by atoms with E-state index in [0.717, 1.165) is 32.0 Å². The van der Waals surface area contributed by atoms with E-state index in [4.69, 9.17) is 0 Å². The van der Waals surface area contributed by atoms with Gasteiger partial charge in [0.05, 0.1) is 0 Å². The van der Waals surface area contributed by atoms with Gasteiger partial charge in [0, 0.05) is 11.6 Å². The molecule has 0 aromatic carbocycles. The number of pyridine rings is 1. The van der Waals surface area contributed by atoms with Crippen LogP contribution in [0.1, 0.15) is 30.1 Å². The summed E-state index contributed by atoms with van der Waals surface area (Å²) in [5.41, 5.74) is -0.207. The van der Waals surface area contributed by atoms with Crippen molar-refractivity contribution in [3.8, 4) is 0 Å². The lowest BCUT2D eigenvalue weighted by Gasteiger charge is -2.28. The summed E-state index contributed by atoms with van der Waals surface area (Å²) in [6.45, 7) is 1.84. The Hall–Kier alpha value is -1.10. The smallest absolute Gasteiger partial charge is 0.306 e. The quantitative estimate of drug-likeness (QED) is 0.755. The minimum atomic E-state index is -4.35. The molecule has 0 radical (unpaired) electrons. The van der Waals surface area contributed by atoms with Crippen LogP contribution >= 0.6 is 0 Å². The fraction of sp³-hybridized carbons (Fsp3) is 0.583. The van der Waals surface area contributed by atoms with Crippen LogP contribution in [-0.2, 0) is 6.18 Å². The van der Waals surface area contributed by atoms with Gasteiger partial charge in [0.15, 0.2) is 0 Å². The van der Waals surface area contributed by atoms with Crippen molar-refractivity contribution in [1.82, 2.24) is 9.88 Å². The van der Waals surface area contributed by atoms with Crippen molar-refractivity contribution >= 4 is 0 Å². The Balaban J connectivity index is 2.16. The first kappa shape index (κ1) is 12.4. The van der Waals surface area contributed by atoms with E-state index in [0.29, 0.717) is 5.69 Å². The third kappa shape index (κ3) is 2.97. The van der Waals surface area contributed by atoms with Crippen molar-refractivity contribution in [2.45, 2.75) is 24.9 Å². The van der Waals surface area contributed by atoms with Crippen molar-refractivity contribution in [2.24, 2.45) is 0 Å². The predicted molar refractivity (Wildman–Crippen MR) is 58.7 cm³/mol. The van der Waals surface area contributed by atoms with Crippen LogP contribution in [0, 0.1) is 0 Å². The van der Waals surface area contributed by atoms with Gasteiger partial charge in [0.2, 0.25) is 0 Å². The predicted octanol–water partition coefficient (Wildman–Crippen LogP) is 2.91. The van der Waals surface area contributed by atoms with Gasteiger partial charge < -0.3 is 4.90 Å². The highest BCUT2D eigenvalue weighted by Gasteiger charge is 2.33. The molecule has 0 saturated carbocycles. The van der Waals surface area contributed by atoms with E-state index in [2.05, 4.69) is 9.88 Å². The van der Waals surface area contributed by atoms with Gasteiger partial charge in [-0.05, 0) is 45.1 Å². The Bertz CT molecular complexity index is 382. The van der Waals surface area contributed by atoms with Gasteiger partial charge in [-0.3, -0.25) is 0 Å². The Morgan fingerprint density at radius 2 is 1.88 bits per heavy atom. The molecular weight excluding hydrogens is 229 g/mol. The van der Waals surface area contributed by atoms with Crippen LogP contribution in [0.4, 0.5) is 13.2 Å². The van der Waals surface area contributed by atoms with Crippen LogP contribution in [-0.4, -0.2) is 30.0 Å². The SMILES string of the molecule is CN1CCC(c2cccc(C(F)(F)F)n2)CC1. The molecular formula is C12H15F3N2. The first-order chi connectivity index (χ1) is 7.97. The lowest BCUT2D eigenvalue weighted by Crippen LogP contribution is -2.29. The van der Waals surface area contributed by atoms with E-state index in [1.54, 1.807) is 6.07 Å². The van der Waals surface area contributed by atoms with Crippen molar-refractivity contribution in [3.63, 3.8) is 0 Å². The molecule has 2 heterocycles. The molecule has 1 saturated heterocycles. The van der Waals surface area contributed by atoms with E-state index < -0.39 is 11.9 Å². The highest BCUT2D eigenvalue weighted by molar-refractivity contribution is 5.17. The second-order valence-corrected chi connectivity index (χ2v) is 4.52. The molecule has 1 aliphatic heterocycles. The van der Waals surface area contributed by atoms with Crippen molar-refractivity contribution in [3.05, 3.63) is 29.6 Å². The number of likely N-dealkylation sites (tertiary alicyclic amines) is 1. The largest absolute Gasteiger partial charge is 0.433 e. The summed E-state index contributed by atoms with van der Waals surface area (Å²) in [6, 6.07) is 4.17. The topological polar surface area (TPSA) is 16.1 Å². The van der Waals surface area contributed by atoms with Gasteiger partial charge in [-0.25, -0.2) is 4.98 Å². The second kappa shape index (κ2) is 4.64. The number of nitrogens with zero attached hydrogens (tertiary/aromatic N) is 2. The zero-order chi connectivity index (χ0) is 12.5. The zero-order valence-corrected chi connectivity index (χ0v) is 9.67. The van der Waals surface area contributed by atoms with E-state index in [1.807, 2.05) is 7.05 Å². The van der Waals surface area contributed by atoms with Crippen LogP contribution in [0.2, 0.25) is 0 Å². The molecule has 0 bridgehead atoms. The van der Waals surface area contributed by atoms with Gasteiger partial charge in [0.1, 0.15) is 5.69 Å². The van der Waals surface area contributed by atoms with E-state index in [-0.39, 0.29) is 5.92 Å². The maximum absolute atomic E-state index is 12.5. The normalized spacial score (nSPS) is 19.5. The molecule has 1 aromatic rings. The molecule has 0 spiro atoms. The maximum Gasteiger partial charge on any atom is 0.433 e. The van der Waals surface area contributed by atoms with Gasteiger partial charge in [-0.1, -0.05) is 6.07 Å². The summed E-state index contributed by atoms with van der Waals surface area (Å²) in [6.07, 6.45) is -2.59. The number of piperidine rings is 1. The summed E-state index contributed by atoms with van der Waals surface area (Å²) in [7, 11) is 2.02. The molecule has 1 fully saturated rings. The molecule has 0 atom stereocenters. The Kier molecular flexibility index (Phi) is 3.38. The molecule has 0 unspecified atom stereocenters. The Morgan fingerprint density at radius 3 is 2.47 bits per heavy atom. The molecule has 94 valence electrons. The van der Waals surface area contributed by atoms with E-state index >= 15 is 0 Å². The molecule has 5 heteroatoms. The number of hydrogen-bond acceptors (Lipinski definition) is 2. The number of hydrogen-bond donors (Lipinski definition) is 0. The maximum atomic E-state index is 12.5. The number of halogens is 3. The first-order valence-corrected chi connectivity index (χ1v) is 5.69. The molecule has 0 N–H and O–H groups in total. The first-order valence-electron chi connectivity index (χ1n) is 5.69. The minimum absolute atomic E-state index is 0.161. The van der Waals surface area contributed by atoms with Gasteiger partial charge in [-0.15, -0.1) is 0 Å². The van der Waals surface area contributed by atoms with Crippen molar-refractivity contribution in [2.75, 3.05) is 20.1 Å². The third-order valence-corrected chi connectivity index (χ3v) is 3.20.